The van der Waals surface area contributed by atoms with E-state index in [4.69, 9.17) is 0 Å². The first-order valence-electron chi connectivity index (χ1n) is 8.39. The molecule has 0 aliphatic heterocycles. The van der Waals surface area contributed by atoms with Gasteiger partial charge in [0.15, 0.2) is 0 Å². The topological polar surface area (TPSA) is 17.1 Å². The molecular formula is C20H26O. The molecule has 112 valence electrons. The van der Waals surface area contributed by atoms with Gasteiger partial charge in [0.25, 0.3) is 0 Å². The third-order valence-corrected chi connectivity index (χ3v) is 4.26. The van der Waals surface area contributed by atoms with Gasteiger partial charge in [-0.15, -0.1) is 0 Å². The van der Waals surface area contributed by atoms with Crippen molar-refractivity contribution in [1.29, 1.82) is 0 Å². The second-order valence-corrected chi connectivity index (χ2v) is 5.93. The van der Waals surface area contributed by atoms with E-state index in [2.05, 4.69) is 30.9 Å². The van der Waals surface area contributed by atoms with Crippen LogP contribution in [0.2, 0.25) is 0 Å². The quantitative estimate of drug-likeness (QED) is 0.549. The molecule has 0 fully saturated rings. The van der Waals surface area contributed by atoms with Crippen LogP contribution in [0.3, 0.4) is 0 Å². The Labute approximate surface area is 129 Å². The Balaban J connectivity index is 2.18. The lowest BCUT2D eigenvalue weighted by Crippen LogP contribution is -2.01. The molecule has 1 aromatic carbocycles. The third-order valence-electron chi connectivity index (χ3n) is 4.26. The average Bonchev–Trinajstić information content (AvgIpc) is 2.95. The molecule has 0 radical (unpaired) electrons. The number of hydrogen-bond acceptors (Lipinski definition) is 1. The summed E-state index contributed by atoms with van der Waals surface area (Å²) in [5.41, 5.74) is 5.39. The van der Waals surface area contributed by atoms with Crippen LogP contribution in [-0.4, -0.2) is 5.78 Å². The van der Waals surface area contributed by atoms with Gasteiger partial charge in [0.2, 0.25) is 0 Å². The van der Waals surface area contributed by atoms with E-state index in [1.807, 2.05) is 6.92 Å². The monoisotopic (exact) mass is 282 g/mol. The van der Waals surface area contributed by atoms with Crippen LogP contribution in [0.4, 0.5) is 0 Å². The Kier molecular flexibility index (Phi) is 6.05. The van der Waals surface area contributed by atoms with Crippen LogP contribution in [0, 0.1) is 11.8 Å². The number of unbranched alkanes of at least 4 members (excludes halogenated alkanes) is 2. The first-order valence-corrected chi connectivity index (χ1v) is 8.39. The molecule has 0 saturated heterocycles. The molecule has 2 rings (SSSR count). The fraction of sp³-hybridized carbons (Fsp3) is 0.550. The van der Waals surface area contributed by atoms with E-state index in [-0.39, 0.29) is 0 Å². The van der Waals surface area contributed by atoms with Crippen LogP contribution < -0.4 is 0 Å². The summed E-state index contributed by atoms with van der Waals surface area (Å²) >= 11 is 0. The van der Waals surface area contributed by atoms with E-state index in [0.29, 0.717) is 18.6 Å². The lowest BCUT2D eigenvalue weighted by Gasteiger charge is -2.08. The van der Waals surface area contributed by atoms with E-state index >= 15 is 0 Å². The minimum atomic E-state index is 0.348. The highest BCUT2D eigenvalue weighted by Crippen LogP contribution is 2.26. The molecule has 0 unspecified atom stereocenters. The zero-order valence-corrected chi connectivity index (χ0v) is 13.4. The summed E-state index contributed by atoms with van der Waals surface area (Å²) in [6.45, 7) is 4.13. The summed E-state index contributed by atoms with van der Waals surface area (Å²) in [6.07, 6.45) is 9.11. The van der Waals surface area contributed by atoms with Crippen molar-refractivity contribution in [3.63, 3.8) is 0 Å². The predicted molar refractivity (Wildman–Crippen MR) is 88.5 cm³/mol. The van der Waals surface area contributed by atoms with Gasteiger partial charge < -0.3 is 0 Å². The lowest BCUT2D eigenvalue weighted by atomic mass is 9.96. The maximum absolute atomic E-state index is 11.6. The zero-order chi connectivity index (χ0) is 15.1. The summed E-state index contributed by atoms with van der Waals surface area (Å²) in [5, 5.41) is 0. The number of aryl methyl sites for hydroxylation is 3. The molecule has 0 bridgehead atoms. The molecule has 0 atom stereocenters. The van der Waals surface area contributed by atoms with Crippen LogP contribution in [0.25, 0.3) is 0 Å². The van der Waals surface area contributed by atoms with Crippen LogP contribution in [0.1, 0.15) is 74.6 Å². The van der Waals surface area contributed by atoms with Crippen molar-refractivity contribution in [2.75, 3.05) is 0 Å². The summed E-state index contributed by atoms with van der Waals surface area (Å²) in [4.78, 5) is 11.6. The molecular weight excluding hydrogens is 256 g/mol. The molecule has 0 N–H and O–H groups in total. The number of hydrogen-bond donors (Lipinski definition) is 0. The van der Waals surface area contributed by atoms with E-state index in [0.717, 1.165) is 18.4 Å². The lowest BCUT2D eigenvalue weighted by molar-refractivity contribution is -0.118. The SMILES string of the molecule is CCCCC#Cc1cc2c(cc1CCC(=O)CC)CCC2. The summed E-state index contributed by atoms with van der Waals surface area (Å²) < 4.78 is 0. The Morgan fingerprint density at radius 2 is 1.95 bits per heavy atom. The summed E-state index contributed by atoms with van der Waals surface area (Å²) in [6, 6.07) is 4.60. The zero-order valence-electron chi connectivity index (χ0n) is 13.4. The van der Waals surface area contributed by atoms with Crippen molar-refractivity contribution >= 4 is 5.78 Å². The number of fused-ring (bicyclic) bond motifs is 1. The fourth-order valence-corrected chi connectivity index (χ4v) is 2.87. The van der Waals surface area contributed by atoms with E-state index in [1.54, 1.807) is 0 Å². The normalized spacial score (nSPS) is 12.7. The van der Waals surface area contributed by atoms with Crippen molar-refractivity contribution in [1.82, 2.24) is 0 Å². The molecule has 0 amide bonds. The largest absolute Gasteiger partial charge is 0.300 e. The van der Waals surface area contributed by atoms with Crippen LogP contribution >= 0.6 is 0 Å². The molecule has 0 spiro atoms. The Morgan fingerprint density at radius 1 is 1.19 bits per heavy atom. The second kappa shape index (κ2) is 8.03. The molecule has 1 aromatic rings. The van der Waals surface area contributed by atoms with Gasteiger partial charge in [-0.25, -0.2) is 0 Å². The molecule has 1 nitrogen and oxygen atoms in total. The van der Waals surface area contributed by atoms with E-state index in [9.17, 15) is 4.79 Å². The van der Waals surface area contributed by atoms with Crippen molar-refractivity contribution < 1.29 is 4.79 Å². The minimum absolute atomic E-state index is 0.348. The first-order chi connectivity index (χ1) is 10.2. The molecule has 1 aliphatic carbocycles. The molecule has 0 saturated carbocycles. The first kappa shape index (κ1) is 15.8. The number of ketones is 1. The maximum Gasteiger partial charge on any atom is 0.132 e. The highest BCUT2D eigenvalue weighted by atomic mass is 16.1. The van der Waals surface area contributed by atoms with Crippen molar-refractivity contribution in [2.45, 2.75) is 71.6 Å². The summed E-state index contributed by atoms with van der Waals surface area (Å²) in [7, 11) is 0. The van der Waals surface area contributed by atoms with Crippen LogP contribution in [0.15, 0.2) is 12.1 Å². The third kappa shape index (κ3) is 4.46. The van der Waals surface area contributed by atoms with Gasteiger partial charge in [-0.3, -0.25) is 4.79 Å². The highest BCUT2D eigenvalue weighted by molar-refractivity contribution is 5.78. The molecule has 0 aromatic heterocycles. The summed E-state index contributed by atoms with van der Waals surface area (Å²) in [5.74, 6) is 7.01. The van der Waals surface area contributed by atoms with Crippen molar-refractivity contribution in [2.24, 2.45) is 0 Å². The van der Waals surface area contributed by atoms with Gasteiger partial charge in [0, 0.05) is 24.8 Å². The number of Topliss-reactive ketones (excluding diaryl/α,β-unsaturated/α-hetero) is 1. The Bertz CT molecular complexity index is 557. The average molecular weight is 282 g/mol. The van der Waals surface area contributed by atoms with Gasteiger partial charge in [0.1, 0.15) is 5.78 Å². The molecule has 1 aliphatic rings. The number of rotatable bonds is 6. The van der Waals surface area contributed by atoms with Crippen LogP contribution in [-0.2, 0) is 24.1 Å². The smallest absolute Gasteiger partial charge is 0.132 e. The van der Waals surface area contributed by atoms with E-state index in [1.165, 1.54) is 48.8 Å². The maximum atomic E-state index is 11.6. The van der Waals surface area contributed by atoms with Gasteiger partial charge >= 0.3 is 0 Å². The van der Waals surface area contributed by atoms with Gasteiger partial charge in [-0.2, -0.15) is 0 Å². The molecule has 21 heavy (non-hydrogen) atoms. The second-order valence-electron chi connectivity index (χ2n) is 5.93. The Hall–Kier alpha value is -1.55. The van der Waals surface area contributed by atoms with Gasteiger partial charge in [-0.1, -0.05) is 38.2 Å². The van der Waals surface area contributed by atoms with Crippen molar-refractivity contribution in [3.8, 4) is 11.8 Å². The van der Waals surface area contributed by atoms with Crippen molar-refractivity contribution in [3.05, 3.63) is 34.4 Å². The van der Waals surface area contributed by atoms with E-state index < -0.39 is 0 Å². The fourth-order valence-electron chi connectivity index (χ4n) is 2.87. The Morgan fingerprint density at radius 3 is 2.67 bits per heavy atom. The molecule has 1 heteroatoms. The van der Waals surface area contributed by atoms with Crippen LogP contribution in [0.5, 0.6) is 0 Å². The number of carbonyl (C=O) groups is 1. The van der Waals surface area contributed by atoms with Gasteiger partial charge in [-0.05, 0) is 54.9 Å². The standard InChI is InChI=1S/C20H26O/c1-3-5-6-7-9-16-14-17-10-8-11-18(17)15-19(16)12-13-20(21)4-2/h14-15H,3-6,8,10-13H2,1-2H3. The minimum Gasteiger partial charge on any atom is -0.300 e. The number of benzene rings is 1. The number of carbonyl (C=O) groups excluding carboxylic acids is 1. The highest BCUT2D eigenvalue weighted by Gasteiger charge is 2.14. The van der Waals surface area contributed by atoms with Gasteiger partial charge in [0.05, 0.1) is 0 Å². The predicted octanol–water partition coefficient (Wildman–Crippen LogP) is 4.63. The molecule has 0 heterocycles.